The van der Waals surface area contributed by atoms with E-state index in [2.05, 4.69) is 0 Å². The van der Waals surface area contributed by atoms with Crippen molar-refractivity contribution >= 4 is 15.7 Å². The van der Waals surface area contributed by atoms with Gasteiger partial charge in [-0.05, 0) is 85.5 Å². The van der Waals surface area contributed by atoms with Crippen LogP contribution in [0.25, 0.3) is 0 Å². The topological polar surface area (TPSA) is 72.9 Å². The van der Waals surface area contributed by atoms with Gasteiger partial charge in [0.05, 0.1) is 17.3 Å². The molecule has 0 saturated carbocycles. The number of carbonyl (C=O) groups is 1. The number of carbonyl (C=O) groups excluding carboxylic acids is 1. The monoisotopic (exact) mass is 497 g/mol. The number of piperidine rings is 1. The molecule has 1 aliphatic heterocycles. The first-order chi connectivity index (χ1) is 16.8. The van der Waals surface area contributed by atoms with Crippen molar-refractivity contribution in [2.24, 2.45) is 0 Å². The Labute approximate surface area is 205 Å². The summed E-state index contributed by atoms with van der Waals surface area (Å²) in [4.78, 5) is 14.8. The number of rotatable bonds is 8. The average Bonchev–Trinajstić information content (AvgIpc) is 2.89. The Morgan fingerprint density at radius 1 is 0.943 bits per heavy atom. The highest BCUT2D eigenvalue weighted by Gasteiger charge is 2.32. The number of methoxy groups -OCH3 is 1. The molecular formula is C27H28FNO5S. The fourth-order valence-corrected chi connectivity index (χ4v) is 5.92. The van der Waals surface area contributed by atoms with Crippen LogP contribution in [0.3, 0.4) is 0 Å². The van der Waals surface area contributed by atoms with Gasteiger partial charge in [0.1, 0.15) is 23.1 Å². The van der Waals surface area contributed by atoms with Gasteiger partial charge in [0, 0.05) is 19.5 Å². The summed E-state index contributed by atoms with van der Waals surface area (Å²) >= 11 is 0. The van der Waals surface area contributed by atoms with Crippen molar-refractivity contribution in [1.82, 2.24) is 4.90 Å². The molecule has 35 heavy (non-hydrogen) atoms. The SMILES string of the molecule is COc1ccc(S(=O)(=O)C2CCN(C(=O)CCc3cccc(Oc4ccc(F)cc4)c3)CC2)cc1. The standard InChI is InChI=1S/C27H28FNO5S/c1-33-22-10-12-25(13-11-22)35(31,32)26-15-17-29(18-16-26)27(30)14-5-20-3-2-4-24(19-20)34-23-8-6-21(28)7-9-23/h2-4,6-13,19,26H,5,14-18H2,1H3. The Morgan fingerprint density at radius 3 is 2.26 bits per heavy atom. The van der Waals surface area contributed by atoms with Crippen molar-refractivity contribution < 1.29 is 27.1 Å². The quantitative estimate of drug-likeness (QED) is 0.437. The van der Waals surface area contributed by atoms with Crippen LogP contribution < -0.4 is 9.47 Å². The first-order valence-corrected chi connectivity index (χ1v) is 13.1. The second-order valence-electron chi connectivity index (χ2n) is 8.50. The second-order valence-corrected chi connectivity index (χ2v) is 10.7. The van der Waals surface area contributed by atoms with Crippen LogP contribution in [-0.2, 0) is 21.1 Å². The first-order valence-electron chi connectivity index (χ1n) is 11.5. The number of ether oxygens (including phenoxy) is 2. The summed E-state index contributed by atoms with van der Waals surface area (Å²) in [5.74, 6) is 1.44. The van der Waals surface area contributed by atoms with Crippen LogP contribution in [0, 0.1) is 5.82 Å². The number of halogens is 1. The molecule has 0 N–H and O–H groups in total. The number of amides is 1. The summed E-state index contributed by atoms with van der Waals surface area (Å²) in [7, 11) is -1.92. The number of aryl methyl sites for hydroxylation is 1. The van der Waals surface area contributed by atoms with Gasteiger partial charge in [0.15, 0.2) is 9.84 Å². The lowest BCUT2D eigenvalue weighted by Crippen LogP contribution is -2.42. The molecule has 1 saturated heterocycles. The summed E-state index contributed by atoms with van der Waals surface area (Å²) in [5, 5.41) is -0.500. The number of hydrogen-bond donors (Lipinski definition) is 0. The van der Waals surface area contributed by atoms with Crippen LogP contribution in [0.1, 0.15) is 24.8 Å². The van der Waals surface area contributed by atoms with E-state index in [1.165, 1.54) is 19.2 Å². The molecule has 0 atom stereocenters. The fraction of sp³-hybridized carbons (Fsp3) is 0.296. The molecule has 1 amide bonds. The summed E-state index contributed by atoms with van der Waals surface area (Å²) in [5.41, 5.74) is 0.954. The zero-order chi connectivity index (χ0) is 24.8. The zero-order valence-corrected chi connectivity index (χ0v) is 20.3. The fourth-order valence-electron chi connectivity index (χ4n) is 4.19. The molecule has 4 rings (SSSR count). The normalized spacial score (nSPS) is 14.5. The van der Waals surface area contributed by atoms with E-state index in [1.807, 2.05) is 24.3 Å². The van der Waals surface area contributed by atoms with Gasteiger partial charge in [-0.25, -0.2) is 12.8 Å². The van der Waals surface area contributed by atoms with Crippen LogP contribution in [0.2, 0.25) is 0 Å². The van der Waals surface area contributed by atoms with Gasteiger partial charge in [-0.1, -0.05) is 12.1 Å². The van der Waals surface area contributed by atoms with Crippen LogP contribution in [0.4, 0.5) is 4.39 Å². The van der Waals surface area contributed by atoms with Crippen molar-refractivity contribution in [2.75, 3.05) is 20.2 Å². The van der Waals surface area contributed by atoms with E-state index < -0.39 is 15.1 Å². The maximum atomic E-state index is 13.1. The zero-order valence-electron chi connectivity index (χ0n) is 19.5. The smallest absolute Gasteiger partial charge is 0.222 e. The Bertz CT molecular complexity index is 1250. The molecule has 0 aromatic heterocycles. The van der Waals surface area contributed by atoms with Crippen molar-refractivity contribution in [1.29, 1.82) is 0 Å². The van der Waals surface area contributed by atoms with Crippen molar-refractivity contribution in [3.8, 4) is 17.2 Å². The highest BCUT2D eigenvalue weighted by atomic mass is 32.2. The van der Waals surface area contributed by atoms with Gasteiger partial charge < -0.3 is 14.4 Å². The minimum atomic E-state index is -3.45. The predicted octanol–water partition coefficient (Wildman–Crippen LogP) is 5.02. The summed E-state index contributed by atoms with van der Waals surface area (Å²) in [6, 6.07) is 19.7. The van der Waals surface area contributed by atoms with Crippen molar-refractivity contribution in [3.63, 3.8) is 0 Å². The third kappa shape index (κ3) is 6.19. The third-order valence-corrected chi connectivity index (χ3v) is 8.48. The molecule has 0 bridgehead atoms. The lowest BCUT2D eigenvalue weighted by Gasteiger charge is -2.32. The van der Waals surface area contributed by atoms with E-state index in [9.17, 15) is 17.6 Å². The summed E-state index contributed by atoms with van der Waals surface area (Å²) in [6.45, 7) is 0.846. The van der Waals surface area contributed by atoms with Crippen molar-refractivity contribution in [2.45, 2.75) is 35.8 Å². The lowest BCUT2D eigenvalue weighted by molar-refractivity contribution is -0.132. The first kappa shape index (κ1) is 24.7. The Morgan fingerprint density at radius 2 is 1.60 bits per heavy atom. The predicted molar refractivity (Wildman–Crippen MR) is 131 cm³/mol. The Kier molecular flexibility index (Phi) is 7.70. The molecular weight excluding hydrogens is 469 g/mol. The van der Waals surface area contributed by atoms with Gasteiger partial charge >= 0.3 is 0 Å². The number of nitrogens with zero attached hydrogens (tertiary/aromatic N) is 1. The lowest BCUT2D eigenvalue weighted by atomic mass is 10.1. The third-order valence-electron chi connectivity index (χ3n) is 6.20. The molecule has 1 fully saturated rings. The molecule has 0 aliphatic carbocycles. The van der Waals surface area contributed by atoms with Gasteiger partial charge in [-0.2, -0.15) is 0 Å². The minimum Gasteiger partial charge on any atom is -0.497 e. The second kappa shape index (κ2) is 10.9. The highest BCUT2D eigenvalue weighted by Crippen LogP contribution is 2.27. The number of benzene rings is 3. The molecule has 1 aliphatic rings. The highest BCUT2D eigenvalue weighted by molar-refractivity contribution is 7.92. The van der Waals surface area contributed by atoms with Crippen molar-refractivity contribution in [3.05, 3.63) is 84.2 Å². The van der Waals surface area contributed by atoms with Crippen LogP contribution >= 0.6 is 0 Å². The van der Waals surface area contributed by atoms with Crippen LogP contribution in [0.5, 0.6) is 17.2 Å². The van der Waals surface area contributed by atoms with Gasteiger partial charge in [0.2, 0.25) is 5.91 Å². The maximum Gasteiger partial charge on any atom is 0.222 e. The van der Waals surface area contributed by atoms with E-state index in [0.29, 0.717) is 56.0 Å². The van der Waals surface area contributed by atoms with E-state index in [-0.39, 0.29) is 16.6 Å². The molecule has 0 spiro atoms. The summed E-state index contributed by atoms with van der Waals surface area (Å²) in [6.07, 6.45) is 1.71. The Hall–Kier alpha value is -3.39. The van der Waals surface area contributed by atoms with Gasteiger partial charge in [-0.15, -0.1) is 0 Å². The van der Waals surface area contributed by atoms with E-state index >= 15 is 0 Å². The molecule has 3 aromatic carbocycles. The number of hydrogen-bond acceptors (Lipinski definition) is 5. The van der Waals surface area contributed by atoms with Gasteiger partial charge in [-0.3, -0.25) is 4.79 Å². The molecule has 1 heterocycles. The Balaban J connectivity index is 1.29. The van der Waals surface area contributed by atoms with Crippen LogP contribution in [0.15, 0.2) is 77.7 Å². The largest absolute Gasteiger partial charge is 0.497 e. The maximum absolute atomic E-state index is 13.1. The van der Waals surface area contributed by atoms with E-state index in [4.69, 9.17) is 9.47 Å². The summed E-state index contributed by atoms with van der Waals surface area (Å²) < 4.78 is 49.9. The average molecular weight is 498 g/mol. The molecule has 0 radical (unpaired) electrons. The molecule has 3 aromatic rings. The minimum absolute atomic E-state index is 0.00940. The number of likely N-dealkylation sites (tertiary alicyclic amines) is 1. The van der Waals surface area contributed by atoms with Crippen LogP contribution in [-0.4, -0.2) is 44.7 Å². The van der Waals surface area contributed by atoms with E-state index in [0.717, 1.165) is 5.56 Å². The van der Waals surface area contributed by atoms with Gasteiger partial charge in [0.25, 0.3) is 0 Å². The number of sulfone groups is 1. The molecule has 184 valence electrons. The molecule has 0 unspecified atom stereocenters. The van der Waals surface area contributed by atoms with E-state index in [1.54, 1.807) is 41.3 Å². The molecule has 8 heteroatoms. The molecule has 6 nitrogen and oxygen atoms in total.